The lowest BCUT2D eigenvalue weighted by Crippen LogP contribution is -2.10. The highest BCUT2D eigenvalue weighted by atomic mass is 19.4. The molecule has 0 saturated heterocycles. The number of methoxy groups -OCH3 is 1. The van der Waals surface area contributed by atoms with Crippen LogP contribution >= 0.6 is 0 Å². The molecular weight excluding hydrogens is 237 g/mol. The largest absolute Gasteiger partial charge is 0.496 e. The fraction of sp³-hybridized carbons (Fsp3) is 0.182. The summed E-state index contributed by atoms with van der Waals surface area (Å²) >= 11 is 0. The van der Waals surface area contributed by atoms with Gasteiger partial charge in [-0.15, -0.1) is 0 Å². The van der Waals surface area contributed by atoms with Gasteiger partial charge >= 0.3 is 12.1 Å². The Morgan fingerprint density at radius 1 is 1.41 bits per heavy atom. The van der Waals surface area contributed by atoms with E-state index in [1.807, 2.05) is 0 Å². The monoisotopic (exact) mass is 246 g/mol. The van der Waals surface area contributed by atoms with Crippen molar-refractivity contribution in [2.24, 2.45) is 0 Å². The molecule has 0 aliphatic rings. The Hall–Kier alpha value is -1.98. The molecule has 0 aliphatic carbocycles. The molecule has 0 atom stereocenters. The molecule has 0 unspecified atom stereocenters. The SMILES string of the molecule is C=COC(=O)c1ccc(OC)c(C(F)(F)F)c1. The lowest BCUT2D eigenvalue weighted by atomic mass is 10.1. The lowest BCUT2D eigenvalue weighted by molar-refractivity contribution is -0.138. The molecular formula is C11H9F3O3. The Morgan fingerprint density at radius 2 is 2.06 bits per heavy atom. The number of ether oxygens (including phenoxy) is 2. The standard InChI is InChI=1S/C11H9F3O3/c1-3-17-10(15)7-4-5-9(16-2)8(6-7)11(12,13)14/h3-6H,1H2,2H3. The molecule has 0 saturated carbocycles. The molecule has 0 radical (unpaired) electrons. The lowest BCUT2D eigenvalue weighted by Gasteiger charge is -2.12. The summed E-state index contributed by atoms with van der Waals surface area (Å²) in [6, 6.07) is 2.91. The Labute approximate surface area is 95.5 Å². The summed E-state index contributed by atoms with van der Waals surface area (Å²) in [5, 5.41) is 0. The molecule has 0 aromatic heterocycles. The fourth-order valence-electron chi connectivity index (χ4n) is 1.20. The van der Waals surface area contributed by atoms with Gasteiger partial charge in [-0.2, -0.15) is 13.2 Å². The molecule has 1 rings (SSSR count). The van der Waals surface area contributed by atoms with Crippen molar-refractivity contribution >= 4 is 5.97 Å². The molecule has 92 valence electrons. The Balaban J connectivity index is 3.22. The zero-order valence-electron chi connectivity index (χ0n) is 8.88. The van der Waals surface area contributed by atoms with Crippen LogP contribution in [-0.4, -0.2) is 13.1 Å². The smallest absolute Gasteiger partial charge is 0.419 e. The minimum Gasteiger partial charge on any atom is -0.496 e. The summed E-state index contributed by atoms with van der Waals surface area (Å²) < 4.78 is 46.8. The molecule has 6 heteroatoms. The summed E-state index contributed by atoms with van der Waals surface area (Å²) in [4.78, 5) is 11.2. The van der Waals surface area contributed by atoms with Gasteiger partial charge in [0.25, 0.3) is 0 Å². The number of carbonyl (C=O) groups is 1. The van der Waals surface area contributed by atoms with Crippen molar-refractivity contribution < 1.29 is 27.4 Å². The summed E-state index contributed by atoms with van der Waals surface area (Å²) in [5.41, 5.74) is -1.25. The Bertz CT molecular complexity index is 438. The first-order chi connectivity index (χ1) is 7.90. The van der Waals surface area contributed by atoms with E-state index in [1.54, 1.807) is 0 Å². The molecule has 0 spiro atoms. The first kappa shape index (κ1) is 13.1. The highest BCUT2D eigenvalue weighted by Crippen LogP contribution is 2.36. The van der Waals surface area contributed by atoms with Crippen molar-refractivity contribution in [1.82, 2.24) is 0 Å². The second kappa shape index (κ2) is 4.90. The molecule has 0 aliphatic heterocycles. The van der Waals surface area contributed by atoms with E-state index < -0.39 is 17.7 Å². The third kappa shape index (κ3) is 2.99. The molecule has 3 nitrogen and oxygen atoms in total. The van der Waals surface area contributed by atoms with Gasteiger partial charge in [0.1, 0.15) is 5.75 Å². The molecule has 17 heavy (non-hydrogen) atoms. The van der Waals surface area contributed by atoms with Crippen molar-refractivity contribution in [1.29, 1.82) is 0 Å². The first-order valence-corrected chi connectivity index (χ1v) is 4.47. The minimum atomic E-state index is -4.60. The highest BCUT2D eigenvalue weighted by molar-refractivity contribution is 5.90. The molecule has 0 N–H and O–H groups in total. The average Bonchev–Trinajstić information content (AvgIpc) is 2.27. The molecule has 0 bridgehead atoms. The quantitative estimate of drug-likeness (QED) is 0.607. The van der Waals surface area contributed by atoms with Crippen molar-refractivity contribution in [3.8, 4) is 5.75 Å². The van der Waals surface area contributed by atoms with E-state index in [1.165, 1.54) is 6.07 Å². The van der Waals surface area contributed by atoms with Crippen LogP contribution in [0.15, 0.2) is 31.0 Å². The summed E-state index contributed by atoms with van der Waals surface area (Å²) in [6.45, 7) is 3.14. The number of halogens is 3. The van der Waals surface area contributed by atoms with Gasteiger partial charge < -0.3 is 9.47 Å². The summed E-state index contributed by atoms with van der Waals surface area (Å²) in [7, 11) is 1.12. The molecule has 0 heterocycles. The molecule has 0 fully saturated rings. The van der Waals surface area contributed by atoms with Crippen molar-refractivity contribution in [2.75, 3.05) is 7.11 Å². The van der Waals surface area contributed by atoms with Gasteiger partial charge in [0.2, 0.25) is 0 Å². The maximum atomic E-state index is 12.6. The van der Waals surface area contributed by atoms with Crippen LogP contribution in [0.4, 0.5) is 13.2 Å². The van der Waals surface area contributed by atoms with Gasteiger partial charge in [0, 0.05) is 0 Å². The highest BCUT2D eigenvalue weighted by Gasteiger charge is 2.35. The normalized spacial score (nSPS) is 10.8. The predicted octanol–water partition coefficient (Wildman–Crippen LogP) is 3.01. The predicted molar refractivity (Wildman–Crippen MR) is 53.6 cm³/mol. The van der Waals surface area contributed by atoms with Crippen LogP contribution in [0.5, 0.6) is 5.75 Å². The van der Waals surface area contributed by atoms with Gasteiger partial charge in [-0.1, -0.05) is 6.58 Å². The van der Waals surface area contributed by atoms with Crippen LogP contribution in [0.25, 0.3) is 0 Å². The van der Waals surface area contributed by atoms with Crippen molar-refractivity contribution in [2.45, 2.75) is 6.18 Å². The second-order valence-corrected chi connectivity index (χ2v) is 2.98. The van der Waals surface area contributed by atoms with E-state index >= 15 is 0 Å². The second-order valence-electron chi connectivity index (χ2n) is 2.98. The first-order valence-electron chi connectivity index (χ1n) is 4.47. The molecule has 0 amide bonds. The number of alkyl halides is 3. The van der Waals surface area contributed by atoms with Gasteiger partial charge in [-0.05, 0) is 18.2 Å². The van der Waals surface area contributed by atoms with Crippen molar-refractivity contribution in [3.63, 3.8) is 0 Å². The average molecular weight is 246 g/mol. The van der Waals surface area contributed by atoms with E-state index in [-0.39, 0.29) is 11.3 Å². The van der Waals surface area contributed by atoms with Gasteiger partial charge in [0.05, 0.1) is 24.5 Å². The van der Waals surface area contributed by atoms with Gasteiger partial charge in [0.15, 0.2) is 0 Å². The third-order valence-electron chi connectivity index (χ3n) is 1.93. The van der Waals surface area contributed by atoms with E-state index in [4.69, 9.17) is 0 Å². The summed E-state index contributed by atoms with van der Waals surface area (Å²) in [5.74, 6) is -1.26. The zero-order chi connectivity index (χ0) is 13.1. The van der Waals surface area contributed by atoms with Crippen LogP contribution < -0.4 is 4.74 Å². The number of carbonyl (C=O) groups excluding carboxylic acids is 1. The molecule has 1 aromatic carbocycles. The van der Waals surface area contributed by atoms with Crippen LogP contribution in [0, 0.1) is 0 Å². The van der Waals surface area contributed by atoms with E-state index in [9.17, 15) is 18.0 Å². The topological polar surface area (TPSA) is 35.5 Å². The Morgan fingerprint density at radius 3 is 2.53 bits per heavy atom. The van der Waals surface area contributed by atoms with E-state index in [0.717, 1.165) is 19.4 Å². The van der Waals surface area contributed by atoms with Crippen LogP contribution in [0.1, 0.15) is 15.9 Å². The van der Waals surface area contributed by atoms with Crippen LogP contribution in [-0.2, 0) is 10.9 Å². The fourth-order valence-corrected chi connectivity index (χ4v) is 1.20. The van der Waals surface area contributed by atoms with Gasteiger partial charge in [-0.3, -0.25) is 0 Å². The van der Waals surface area contributed by atoms with Gasteiger partial charge in [-0.25, -0.2) is 4.79 Å². The number of rotatable bonds is 3. The maximum absolute atomic E-state index is 12.6. The summed E-state index contributed by atoms with van der Waals surface area (Å²) in [6.07, 6.45) is -3.75. The zero-order valence-corrected chi connectivity index (χ0v) is 8.88. The third-order valence-corrected chi connectivity index (χ3v) is 1.93. The number of hydrogen-bond acceptors (Lipinski definition) is 3. The van der Waals surface area contributed by atoms with Crippen molar-refractivity contribution in [3.05, 3.63) is 42.2 Å². The minimum absolute atomic E-state index is 0.224. The Kier molecular flexibility index (Phi) is 3.77. The maximum Gasteiger partial charge on any atom is 0.419 e. The number of benzene rings is 1. The van der Waals surface area contributed by atoms with E-state index in [0.29, 0.717) is 6.07 Å². The van der Waals surface area contributed by atoms with Crippen LogP contribution in [0.2, 0.25) is 0 Å². The molecule has 1 aromatic rings. The number of hydrogen-bond donors (Lipinski definition) is 0. The van der Waals surface area contributed by atoms with Crippen LogP contribution in [0.3, 0.4) is 0 Å². The number of esters is 1. The van der Waals surface area contributed by atoms with E-state index in [2.05, 4.69) is 16.1 Å².